The molecule has 0 bridgehead atoms. The first-order chi connectivity index (χ1) is 11.1. The van der Waals surface area contributed by atoms with E-state index in [9.17, 15) is 9.59 Å². The second kappa shape index (κ2) is 7.98. The average Bonchev–Trinajstić information content (AvgIpc) is 2.95. The minimum atomic E-state index is -0.549. The number of benzene rings is 1. The Morgan fingerprint density at radius 1 is 1.26 bits per heavy atom. The van der Waals surface area contributed by atoms with E-state index < -0.39 is 18.0 Å². The van der Waals surface area contributed by atoms with Crippen LogP contribution in [0.4, 0.5) is 10.5 Å². The molecule has 1 aromatic carbocycles. The summed E-state index contributed by atoms with van der Waals surface area (Å²) < 4.78 is 1.78. The summed E-state index contributed by atoms with van der Waals surface area (Å²) in [6.07, 6.45) is 3.47. The van der Waals surface area contributed by atoms with Crippen molar-refractivity contribution in [3.63, 3.8) is 0 Å². The Labute approximate surface area is 135 Å². The summed E-state index contributed by atoms with van der Waals surface area (Å²) in [5.74, 6) is -0.397. The minimum Gasteiger partial charge on any atom is -0.371 e. The summed E-state index contributed by atoms with van der Waals surface area (Å²) in [6.45, 7) is 4.59. The number of anilines is 1. The summed E-state index contributed by atoms with van der Waals surface area (Å²) in [4.78, 5) is 23.2. The Kier molecular flexibility index (Phi) is 5.74. The maximum atomic E-state index is 11.9. The van der Waals surface area contributed by atoms with Gasteiger partial charge in [-0.2, -0.15) is 5.10 Å². The molecule has 3 N–H and O–H groups in total. The van der Waals surface area contributed by atoms with Crippen LogP contribution in [0.3, 0.4) is 0 Å². The quantitative estimate of drug-likeness (QED) is 0.755. The fourth-order valence-corrected chi connectivity index (χ4v) is 2.04. The molecule has 0 fully saturated rings. The van der Waals surface area contributed by atoms with Crippen molar-refractivity contribution in [2.75, 3.05) is 11.9 Å². The van der Waals surface area contributed by atoms with Crippen LogP contribution >= 0.6 is 0 Å². The van der Waals surface area contributed by atoms with E-state index in [0.717, 1.165) is 11.3 Å². The van der Waals surface area contributed by atoms with Crippen molar-refractivity contribution in [1.29, 1.82) is 0 Å². The van der Waals surface area contributed by atoms with Gasteiger partial charge in [-0.25, -0.2) is 4.79 Å². The van der Waals surface area contributed by atoms with Gasteiger partial charge in [-0.05, 0) is 19.4 Å². The third kappa shape index (κ3) is 5.14. The summed E-state index contributed by atoms with van der Waals surface area (Å²) in [6, 6.07) is 8.93. The summed E-state index contributed by atoms with van der Waals surface area (Å²) >= 11 is 0. The zero-order valence-electron chi connectivity index (χ0n) is 13.2. The van der Waals surface area contributed by atoms with Crippen LogP contribution in [0.25, 0.3) is 0 Å². The minimum absolute atomic E-state index is 0.397. The van der Waals surface area contributed by atoms with Gasteiger partial charge in [0.1, 0.15) is 6.04 Å². The number of nitrogens with zero attached hydrogens (tertiary/aromatic N) is 2. The fourth-order valence-electron chi connectivity index (χ4n) is 2.04. The number of rotatable bonds is 6. The van der Waals surface area contributed by atoms with Crippen LogP contribution < -0.4 is 16.0 Å². The smallest absolute Gasteiger partial charge is 0.321 e. The first kappa shape index (κ1) is 16.5. The highest BCUT2D eigenvalue weighted by Gasteiger charge is 2.15. The molecule has 122 valence electrons. The largest absolute Gasteiger partial charge is 0.371 e. The SMILES string of the molecule is CCNC(=O)NC(=O)[C@@H](C)Nc1cnn(Cc2ccccc2)c1. The van der Waals surface area contributed by atoms with Gasteiger partial charge in [0, 0.05) is 12.7 Å². The van der Waals surface area contributed by atoms with Crippen molar-refractivity contribution in [3.05, 3.63) is 48.3 Å². The van der Waals surface area contributed by atoms with Gasteiger partial charge in [0.05, 0.1) is 18.4 Å². The molecule has 1 aromatic heterocycles. The molecule has 0 spiro atoms. The molecule has 1 heterocycles. The van der Waals surface area contributed by atoms with E-state index in [1.165, 1.54) is 0 Å². The van der Waals surface area contributed by atoms with E-state index >= 15 is 0 Å². The Bertz CT molecular complexity index is 654. The lowest BCUT2D eigenvalue weighted by Crippen LogP contribution is -2.45. The molecule has 1 atom stereocenters. The molecule has 23 heavy (non-hydrogen) atoms. The molecule has 3 amide bonds. The zero-order valence-corrected chi connectivity index (χ0v) is 13.2. The van der Waals surface area contributed by atoms with Crippen LogP contribution in [-0.4, -0.2) is 34.3 Å². The molecule has 0 aliphatic heterocycles. The molecule has 0 unspecified atom stereocenters. The van der Waals surface area contributed by atoms with Crippen molar-refractivity contribution in [3.8, 4) is 0 Å². The first-order valence-electron chi connectivity index (χ1n) is 7.50. The Hall–Kier alpha value is -2.83. The highest BCUT2D eigenvalue weighted by molar-refractivity contribution is 5.97. The summed E-state index contributed by atoms with van der Waals surface area (Å²) in [5, 5.41) is 12.1. The van der Waals surface area contributed by atoms with Gasteiger partial charge in [-0.15, -0.1) is 0 Å². The number of imide groups is 1. The number of carbonyl (C=O) groups excluding carboxylic acids is 2. The molecule has 7 nitrogen and oxygen atoms in total. The van der Waals surface area contributed by atoms with Crippen molar-refractivity contribution in [2.24, 2.45) is 0 Å². The summed E-state index contributed by atoms with van der Waals surface area (Å²) in [7, 11) is 0. The van der Waals surface area contributed by atoms with Crippen molar-refractivity contribution < 1.29 is 9.59 Å². The third-order valence-electron chi connectivity index (χ3n) is 3.17. The van der Waals surface area contributed by atoms with Crippen LogP contribution in [0.15, 0.2) is 42.7 Å². The lowest BCUT2D eigenvalue weighted by molar-refractivity contribution is -0.120. The number of hydrogen-bond donors (Lipinski definition) is 3. The average molecular weight is 315 g/mol. The maximum Gasteiger partial charge on any atom is 0.321 e. The third-order valence-corrected chi connectivity index (χ3v) is 3.17. The molecule has 2 aromatic rings. The van der Waals surface area contributed by atoms with Crippen LogP contribution in [0.2, 0.25) is 0 Å². The highest BCUT2D eigenvalue weighted by atomic mass is 16.2. The lowest BCUT2D eigenvalue weighted by Gasteiger charge is -2.13. The topological polar surface area (TPSA) is 88.1 Å². The second-order valence-corrected chi connectivity index (χ2v) is 5.13. The molecule has 2 rings (SSSR count). The monoisotopic (exact) mass is 315 g/mol. The van der Waals surface area contributed by atoms with Crippen LogP contribution in [-0.2, 0) is 11.3 Å². The van der Waals surface area contributed by atoms with Crippen molar-refractivity contribution in [1.82, 2.24) is 20.4 Å². The number of urea groups is 1. The van der Waals surface area contributed by atoms with Gasteiger partial charge in [0.2, 0.25) is 5.91 Å². The second-order valence-electron chi connectivity index (χ2n) is 5.13. The van der Waals surface area contributed by atoms with Gasteiger partial charge in [-0.3, -0.25) is 14.8 Å². The van der Waals surface area contributed by atoms with E-state index in [1.807, 2.05) is 36.5 Å². The van der Waals surface area contributed by atoms with Crippen LogP contribution in [0.5, 0.6) is 0 Å². The van der Waals surface area contributed by atoms with Crippen molar-refractivity contribution in [2.45, 2.75) is 26.4 Å². The van der Waals surface area contributed by atoms with Gasteiger partial charge < -0.3 is 10.6 Å². The molecule has 0 saturated heterocycles. The Morgan fingerprint density at radius 2 is 2.00 bits per heavy atom. The number of nitrogens with one attached hydrogen (secondary N) is 3. The van der Waals surface area contributed by atoms with E-state index in [0.29, 0.717) is 13.1 Å². The normalized spacial score (nSPS) is 11.6. The molecule has 0 aliphatic rings. The maximum absolute atomic E-state index is 11.9. The molecular formula is C16H21N5O2. The number of amides is 3. The van der Waals surface area contributed by atoms with E-state index in [4.69, 9.17) is 0 Å². The number of aromatic nitrogens is 2. The Balaban J connectivity index is 1.88. The van der Waals surface area contributed by atoms with Gasteiger partial charge in [0.15, 0.2) is 0 Å². The Morgan fingerprint density at radius 3 is 2.70 bits per heavy atom. The molecule has 7 heteroatoms. The molecule has 0 aliphatic carbocycles. The zero-order chi connectivity index (χ0) is 16.7. The molecule has 0 radical (unpaired) electrons. The predicted octanol–water partition coefficient (Wildman–Crippen LogP) is 1.58. The first-order valence-corrected chi connectivity index (χ1v) is 7.50. The van der Waals surface area contributed by atoms with Crippen LogP contribution in [0, 0.1) is 0 Å². The summed E-state index contributed by atoms with van der Waals surface area (Å²) in [5.41, 5.74) is 1.86. The van der Waals surface area contributed by atoms with Gasteiger partial charge >= 0.3 is 6.03 Å². The van der Waals surface area contributed by atoms with E-state index in [2.05, 4.69) is 21.0 Å². The predicted molar refractivity (Wildman–Crippen MR) is 88.1 cm³/mol. The van der Waals surface area contributed by atoms with Gasteiger partial charge in [-0.1, -0.05) is 30.3 Å². The highest BCUT2D eigenvalue weighted by Crippen LogP contribution is 2.09. The number of hydrogen-bond acceptors (Lipinski definition) is 4. The molecular weight excluding hydrogens is 294 g/mol. The van der Waals surface area contributed by atoms with E-state index in [1.54, 1.807) is 24.7 Å². The lowest BCUT2D eigenvalue weighted by atomic mass is 10.2. The van der Waals surface area contributed by atoms with E-state index in [-0.39, 0.29) is 0 Å². The van der Waals surface area contributed by atoms with Crippen molar-refractivity contribution >= 4 is 17.6 Å². The number of carbonyl (C=O) groups is 2. The van der Waals surface area contributed by atoms with Gasteiger partial charge in [0.25, 0.3) is 0 Å². The fraction of sp³-hybridized carbons (Fsp3) is 0.312. The standard InChI is InChI=1S/C16H21N5O2/c1-3-17-16(23)20-15(22)12(2)19-14-9-18-21(11-14)10-13-7-5-4-6-8-13/h4-9,11-12,19H,3,10H2,1-2H3,(H2,17,20,22,23)/t12-/m1/s1. The van der Waals surface area contributed by atoms with Crippen LogP contribution in [0.1, 0.15) is 19.4 Å². The molecule has 0 saturated carbocycles.